The molecule has 0 saturated carbocycles. The topological polar surface area (TPSA) is 50.4 Å². The van der Waals surface area contributed by atoms with Crippen LogP contribution in [0.5, 0.6) is 5.75 Å². The molecule has 0 aromatic heterocycles. The van der Waals surface area contributed by atoms with Crippen LogP contribution in [0.1, 0.15) is 22.3 Å². The molecular formula is C26H17BrF12N2O2. The van der Waals surface area contributed by atoms with Gasteiger partial charge in [-0.1, -0.05) is 34.1 Å². The third-order valence-electron chi connectivity index (χ3n) is 5.80. The van der Waals surface area contributed by atoms with Crippen LogP contribution in [-0.2, 0) is 18.1 Å². The lowest BCUT2D eigenvalue weighted by Crippen LogP contribution is -2.53. The van der Waals surface area contributed by atoms with Crippen molar-refractivity contribution < 1.29 is 62.2 Å². The second-order valence-electron chi connectivity index (χ2n) is 8.96. The van der Waals surface area contributed by atoms with E-state index < -0.39 is 83.5 Å². The first-order valence-electron chi connectivity index (χ1n) is 11.6. The second-order valence-corrected chi connectivity index (χ2v) is 9.88. The van der Waals surface area contributed by atoms with Crippen LogP contribution in [-0.4, -0.2) is 31.3 Å². The maximum absolute atomic E-state index is 14.8. The Hall–Kier alpha value is -3.63. The summed E-state index contributed by atoms with van der Waals surface area (Å²) in [4.78, 5) is 12.8. The molecule has 0 fully saturated rings. The van der Waals surface area contributed by atoms with Crippen molar-refractivity contribution in [1.82, 2.24) is 10.6 Å². The van der Waals surface area contributed by atoms with Crippen molar-refractivity contribution in [2.45, 2.75) is 36.8 Å². The minimum absolute atomic E-state index is 0.127. The van der Waals surface area contributed by atoms with Crippen LogP contribution in [0.4, 0.5) is 57.5 Å². The molecule has 17 heteroatoms. The van der Waals surface area contributed by atoms with E-state index in [1.54, 1.807) is 0 Å². The molecule has 0 unspecified atom stereocenters. The molecule has 1 atom stereocenters. The Balaban J connectivity index is 2.35. The van der Waals surface area contributed by atoms with Gasteiger partial charge in [-0.25, -0.2) is 13.6 Å². The number of carbonyl (C=O) groups excluding carboxylic acids is 1. The SMILES string of the molecule is O=C(NCC(F)(F)F)N[C@](Cc1ccc(Br)cc1)(c1cc(F)cc(OC(F)(F)C(F)F)c1)c1ccc(F)c(C(F)(F)F)c1. The summed E-state index contributed by atoms with van der Waals surface area (Å²) in [6.07, 6.45) is -20.6. The molecule has 3 aromatic carbocycles. The fourth-order valence-corrected chi connectivity index (χ4v) is 4.23. The van der Waals surface area contributed by atoms with E-state index in [0.29, 0.717) is 28.7 Å². The van der Waals surface area contributed by atoms with E-state index in [4.69, 9.17) is 0 Å². The third-order valence-corrected chi connectivity index (χ3v) is 6.32. The maximum Gasteiger partial charge on any atom is 0.461 e. The summed E-state index contributed by atoms with van der Waals surface area (Å²) >= 11 is 3.14. The van der Waals surface area contributed by atoms with Crippen molar-refractivity contribution in [3.8, 4) is 5.75 Å². The molecule has 0 saturated heterocycles. The normalized spacial score (nSPS) is 13.9. The Kier molecular flexibility index (Phi) is 9.88. The summed E-state index contributed by atoms with van der Waals surface area (Å²) in [6, 6.07) is 6.18. The molecule has 0 bridgehead atoms. The second kappa shape index (κ2) is 12.5. The third kappa shape index (κ3) is 8.70. The van der Waals surface area contributed by atoms with Gasteiger partial charge in [0.2, 0.25) is 0 Å². The minimum atomic E-state index is -5.35. The largest absolute Gasteiger partial charge is 0.461 e. The fraction of sp³-hybridized carbons (Fsp3) is 0.269. The zero-order chi connectivity index (χ0) is 32.4. The van der Waals surface area contributed by atoms with Gasteiger partial charge in [0.05, 0.1) is 11.1 Å². The number of carbonyl (C=O) groups is 1. The first kappa shape index (κ1) is 33.9. The van der Waals surface area contributed by atoms with Gasteiger partial charge in [0.1, 0.15) is 23.9 Å². The number of benzene rings is 3. The van der Waals surface area contributed by atoms with Gasteiger partial charge in [-0.2, -0.15) is 43.9 Å². The molecule has 43 heavy (non-hydrogen) atoms. The van der Waals surface area contributed by atoms with Crippen molar-refractivity contribution in [1.29, 1.82) is 0 Å². The number of nitrogens with one attached hydrogen (secondary N) is 2. The summed E-state index contributed by atoms with van der Waals surface area (Å²) in [7, 11) is 0. The van der Waals surface area contributed by atoms with E-state index in [2.05, 4.69) is 20.7 Å². The summed E-state index contributed by atoms with van der Waals surface area (Å²) in [5.74, 6) is -4.56. The lowest BCUT2D eigenvalue weighted by Gasteiger charge is -2.37. The van der Waals surface area contributed by atoms with E-state index in [9.17, 15) is 57.5 Å². The first-order chi connectivity index (χ1) is 19.7. The predicted octanol–water partition coefficient (Wildman–Crippen LogP) is 8.33. The van der Waals surface area contributed by atoms with Gasteiger partial charge in [0.15, 0.2) is 0 Å². The molecule has 3 aromatic rings. The maximum atomic E-state index is 14.8. The molecule has 2 N–H and O–H groups in total. The average molecular weight is 697 g/mol. The van der Waals surface area contributed by atoms with Gasteiger partial charge >= 0.3 is 30.9 Å². The van der Waals surface area contributed by atoms with E-state index in [1.807, 2.05) is 5.32 Å². The standard InChI is InChI=1S/C26H17BrF12N2O2/c27-16-4-1-13(2-5-16)11-23(41-22(42)40-12-24(32,33)34,14-3-6-20(29)19(9-14)25(35,36)37)15-7-17(28)10-18(8-15)43-26(38,39)21(30)31/h1-10,21H,11-12H2,(H2,40,41,42)/t23-/m0/s1. The van der Waals surface area contributed by atoms with Crippen LogP contribution in [0.2, 0.25) is 0 Å². The van der Waals surface area contributed by atoms with Crippen LogP contribution in [0.15, 0.2) is 65.1 Å². The molecule has 3 rings (SSSR count). The molecule has 0 aliphatic rings. The summed E-state index contributed by atoms with van der Waals surface area (Å²) < 4.78 is 166. The number of urea groups is 1. The summed E-state index contributed by atoms with van der Waals surface area (Å²) in [6.45, 7) is -1.94. The van der Waals surface area contributed by atoms with E-state index in [-0.39, 0.29) is 17.7 Å². The van der Waals surface area contributed by atoms with Crippen LogP contribution in [0, 0.1) is 11.6 Å². The Morgan fingerprint density at radius 1 is 0.837 bits per heavy atom. The van der Waals surface area contributed by atoms with Gasteiger partial charge in [-0.05, 0) is 53.1 Å². The Bertz CT molecular complexity index is 1450. The minimum Gasteiger partial charge on any atom is -0.428 e. The number of rotatable bonds is 9. The van der Waals surface area contributed by atoms with Crippen molar-refractivity contribution in [2.75, 3.05) is 6.54 Å². The molecule has 0 heterocycles. The Labute approximate surface area is 243 Å². The monoisotopic (exact) mass is 696 g/mol. The highest BCUT2D eigenvalue weighted by molar-refractivity contribution is 9.10. The summed E-state index contributed by atoms with van der Waals surface area (Å²) in [5, 5.41) is 3.46. The summed E-state index contributed by atoms with van der Waals surface area (Å²) in [5.41, 5.74) is -5.81. The van der Waals surface area contributed by atoms with Crippen LogP contribution in [0.3, 0.4) is 0 Å². The highest BCUT2D eigenvalue weighted by atomic mass is 79.9. The number of ether oxygens (including phenoxy) is 1. The van der Waals surface area contributed by atoms with Gasteiger partial charge in [0.25, 0.3) is 0 Å². The lowest BCUT2D eigenvalue weighted by molar-refractivity contribution is -0.253. The van der Waals surface area contributed by atoms with Crippen LogP contribution in [0.25, 0.3) is 0 Å². The van der Waals surface area contributed by atoms with Gasteiger partial charge in [0, 0.05) is 17.0 Å². The van der Waals surface area contributed by atoms with Crippen molar-refractivity contribution in [2.24, 2.45) is 0 Å². The molecule has 0 radical (unpaired) electrons. The van der Waals surface area contributed by atoms with E-state index in [0.717, 1.165) is 0 Å². The van der Waals surface area contributed by atoms with Crippen molar-refractivity contribution in [3.05, 3.63) is 99.0 Å². The van der Waals surface area contributed by atoms with Gasteiger partial charge in [-0.15, -0.1) is 0 Å². The number of halogens is 13. The molecule has 2 amide bonds. The predicted molar refractivity (Wildman–Crippen MR) is 131 cm³/mol. The molecule has 0 aliphatic carbocycles. The number of hydrogen-bond acceptors (Lipinski definition) is 2. The van der Waals surface area contributed by atoms with E-state index in [1.165, 1.54) is 29.6 Å². The molecule has 4 nitrogen and oxygen atoms in total. The zero-order valence-electron chi connectivity index (χ0n) is 21.0. The Morgan fingerprint density at radius 3 is 2.02 bits per heavy atom. The molecular weight excluding hydrogens is 680 g/mol. The van der Waals surface area contributed by atoms with E-state index >= 15 is 0 Å². The number of alkyl halides is 10. The molecule has 234 valence electrons. The van der Waals surface area contributed by atoms with Gasteiger partial charge in [-0.3, -0.25) is 0 Å². The Morgan fingerprint density at radius 2 is 1.47 bits per heavy atom. The highest BCUT2D eigenvalue weighted by Gasteiger charge is 2.45. The molecule has 0 spiro atoms. The zero-order valence-corrected chi connectivity index (χ0v) is 22.6. The quantitative estimate of drug-likeness (QED) is 0.221. The van der Waals surface area contributed by atoms with Crippen molar-refractivity contribution in [3.63, 3.8) is 0 Å². The van der Waals surface area contributed by atoms with Crippen LogP contribution < -0.4 is 15.4 Å². The highest BCUT2D eigenvalue weighted by Crippen LogP contribution is 2.41. The molecule has 0 aliphatic heterocycles. The average Bonchev–Trinajstić information content (AvgIpc) is 2.87. The first-order valence-corrected chi connectivity index (χ1v) is 12.4. The van der Waals surface area contributed by atoms with Crippen LogP contribution >= 0.6 is 15.9 Å². The smallest absolute Gasteiger partial charge is 0.428 e. The van der Waals surface area contributed by atoms with Crippen molar-refractivity contribution >= 4 is 22.0 Å². The van der Waals surface area contributed by atoms with Gasteiger partial charge < -0.3 is 15.4 Å². The number of hydrogen-bond donors (Lipinski definition) is 2. The lowest BCUT2D eigenvalue weighted by atomic mass is 9.77. The number of amides is 2. The fourth-order valence-electron chi connectivity index (χ4n) is 3.96.